The third-order valence-corrected chi connectivity index (χ3v) is 2.43. The molecule has 92 valence electrons. The van der Waals surface area contributed by atoms with Gasteiger partial charge in [0.2, 0.25) is 0 Å². The number of halogens is 1. The lowest BCUT2D eigenvalue weighted by Gasteiger charge is -2.07. The monoisotopic (exact) mass is 246 g/mol. The smallest absolute Gasteiger partial charge is 0.328 e. The molecule has 0 unspecified atom stereocenters. The molecule has 0 bridgehead atoms. The molecule has 0 saturated heterocycles. The molecule has 1 aromatic carbocycles. The van der Waals surface area contributed by atoms with Crippen LogP contribution >= 0.6 is 0 Å². The predicted molar refractivity (Wildman–Crippen MR) is 64.4 cm³/mol. The number of rotatable bonds is 4. The highest BCUT2D eigenvalue weighted by Crippen LogP contribution is 2.14. The van der Waals surface area contributed by atoms with Gasteiger partial charge in [0.15, 0.2) is 0 Å². The van der Waals surface area contributed by atoms with Gasteiger partial charge in [0.1, 0.15) is 5.82 Å². The number of carbonyl (C=O) groups is 1. The van der Waals surface area contributed by atoms with E-state index >= 15 is 0 Å². The van der Waals surface area contributed by atoms with Gasteiger partial charge in [0, 0.05) is 25.0 Å². The summed E-state index contributed by atoms with van der Waals surface area (Å²) in [5.74, 6) is -1.46. The number of hydrogen-bond acceptors (Lipinski definition) is 2. The van der Waals surface area contributed by atoms with Crippen LogP contribution in [-0.4, -0.2) is 20.6 Å². The highest BCUT2D eigenvalue weighted by Gasteiger charge is 2.03. The van der Waals surface area contributed by atoms with Gasteiger partial charge >= 0.3 is 5.97 Å². The van der Waals surface area contributed by atoms with Crippen LogP contribution in [0.4, 0.5) is 4.39 Å². The Balaban J connectivity index is 2.31. The van der Waals surface area contributed by atoms with E-state index in [0.717, 1.165) is 11.6 Å². The molecule has 0 amide bonds. The summed E-state index contributed by atoms with van der Waals surface area (Å²) in [5, 5.41) is 8.60. The number of aliphatic carboxylic acids is 1. The summed E-state index contributed by atoms with van der Waals surface area (Å²) >= 11 is 0. The maximum Gasteiger partial charge on any atom is 0.328 e. The van der Waals surface area contributed by atoms with E-state index in [1.165, 1.54) is 18.2 Å². The number of aromatic nitrogens is 2. The van der Waals surface area contributed by atoms with Gasteiger partial charge in [0.05, 0.1) is 6.33 Å². The first-order valence-corrected chi connectivity index (χ1v) is 5.30. The van der Waals surface area contributed by atoms with Gasteiger partial charge < -0.3 is 9.67 Å². The number of carboxylic acids is 1. The van der Waals surface area contributed by atoms with E-state index < -0.39 is 11.8 Å². The van der Waals surface area contributed by atoms with Crippen LogP contribution in [0, 0.1) is 5.82 Å². The van der Waals surface area contributed by atoms with Crippen molar-refractivity contribution >= 4 is 12.0 Å². The Morgan fingerprint density at radius 1 is 1.50 bits per heavy atom. The Bertz CT molecular complexity index is 577. The summed E-state index contributed by atoms with van der Waals surface area (Å²) in [5.41, 5.74) is 1.37. The molecule has 0 aliphatic heterocycles. The fourth-order valence-electron chi connectivity index (χ4n) is 1.60. The van der Waals surface area contributed by atoms with Crippen LogP contribution in [0.2, 0.25) is 0 Å². The van der Waals surface area contributed by atoms with Crippen molar-refractivity contribution in [3.63, 3.8) is 0 Å². The lowest BCUT2D eigenvalue weighted by molar-refractivity contribution is -0.131. The molecule has 1 heterocycles. The minimum absolute atomic E-state index is 0.394. The van der Waals surface area contributed by atoms with Crippen molar-refractivity contribution in [3.8, 4) is 0 Å². The molecule has 5 heteroatoms. The average molecular weight is 246 g/mol. The molecule has 1 N–H and O–H groups in total. The summed E-state index contributed by atoms with van der Waals surface area (Å²) in [7, 11) is 0. The first-order valence-electron chi connectivity index (χ1n) is 5.30. The number of benzene rings is 1. The highest BCUT2D eigenvalue weighted by molar-refractivity contribution is 5.85. The number of nitrogens with zero attached hydrogens (tertiary/aromatic N) is 2. The second-order valence-electron chi connectivity index (χ2n) is 3.75. The van der Waals surface area contributed by atoms with Gasteiger partial charge in [-0.25, -0.2) is 14.2 Å². The number of carboxylic acid groups (broad SMARTS) is 1. The molecule has 0 saturated carbocycles. The van der Waals surface area contributed by atoms with Crippen molar-refractivity contribution in [2.45, 2.75) is 6.54 Å². The average Bonchev–Trinajstić information content (AvgIpc) is 2.82. The minimum atomic E-state index is -1.06. The molecular weight excluding hydrogens is 235 g/mol. The molecule has 0 spiro atoms. The number of imidazole rings is 1. The Morgan fingerprint density at radius 3 is 3.00 bits per heavy atom. The summed E-state index contributed by atoms with van der Waals surface area (Å²) in [6.07, 6.45) is 7.46. The molecule has 18 heavy (non-hydrogen) atoms. The van der Waals surface area contributed by atoms with Crippen molar-refractivity contribution < 1.29 is 14.3 Å². The van der Waals surface area contributed by atoms with Gasteiger partial charge in [-0.15, -0.1) is 0 Å². The van der Waals surface area contributed by atoms with E-state index in [2.05, 4.69) is 4.98 Å². The minimum Gasteiger partial charge on any atom is -0.478 e. The Morgan fingerprint density at radius 2 is 2.33 bits per heavy atom. The zero-order chi connectivity index (χ0) is 13.0. The normalized spacial score (nSPS) is 10.9. The fraction of sp³-hybridized carbons (Fsp3) is 0.0769. The molecule has 0 aliphatic rings. The Labute approximate surface area is 103 Å². The molecule has 1 aromatic heterocycles. The Hall–Kier alpha value is -2.43. The SMILES string of the molecule is O=C(O)C=Cc1cc(F)ccc1Cn1ccnc1. The molecule has 4 nitrogen and oxygen atoms in total. The molecule has 0 aliphatic carbocycles. The Kier molecular flexibility index (Phi) is 3.52. The summed E-state index contributed by atoms with van der Waals surface area (Å²) < 4.78 is 15.0. The predicted octanol–water partition coefficient (Wildman–Crippen LogP) is 2.17. The van der Waals surface area contributed by atoms with Crippen LogP contribution < -0.4 is 0 Å². The van der Waals surface area contributed by atoms with Gasteiger partial charge in [0.25, 0.3) is 0 Å². The zero-order valence-electron chi connectivity index (χ0n) is 9.45. The van der Waals surface area contributed by atoms with Crippen LogP contribution in [-0.2, 0) is 11.3 Å². The molecule has 2 rings (SSSR count). The maximum atomic E-state index is 13.1. The van der Waals surface area contributed by atoms with Gasteiger partial charge in [-0.2, -0.15) is 0 Å². The largest absolute Gasteiger partial charge is 0.478 e. The van der Waals surface area contributed by atoms with Crippen LogP contribution in [0.25, 0.3) is 6.08 Å². The second kappa shape index (κ2) is 5.27. The quantitative estimate of drug-likeness (QED) is 0.841. The summed E-state index contributed by atoms with van der Waals surface area (Å²) in [4.78, 5) is 14.4. The van der Waals surface area contributed by atoms with Crippen molar-refractivity contribution in [2.75, 3.05) is 0 Å². The lowest BCUT2D eigenvalue weighted by Crippen LogP contribution is -1.99. The lowest BCUT2D eigenvalue weighted by atomic mass is 10.1. The standard InChI is InChI=1S/C13H11FN2O2/c14-12-3-1-11(8-16-6-5-15-9-16)10(7-12)2-4-13(17)18/h1-7,9H,8H2,(H,17,18). The van der Waals surface area contributed by atoms with Crippen molar-refractivity contribution in [2.24, 2.45) is 0 Å². The van der Waals surface area contributed by atoms with E-state index in [4.69, 9.17) is 5.11 Å². The molecule has 2 aromatic rings. The first kappa shape index (κ1) is 12.0. The maximum absolute atomic E-state index is 13.1. The van der Waals surface area contributed by atoms with Crippen molar-refractivity contribution in [3.05, 3.63) is 59.9 Å². The van der Waals surface area contributed by atoms with E-state index in [1.54, 1.807) is 24.8 Å². The molecular formula is C13H11FN2O2. The van der Waals surface area contributed by atoms with Crippen molar-refractivity contribution in [1.82, 2.24) is 9.55 Å². The molecule has 0 atom stereocenters. The topological polar surface area (TPSA) is 55.1 Å². The number of hydrogen-bond donors (Lipinski definition) is 1. The highest BCUT2D eigenvalue weighted by atomic mass is 19.1. The van der Waals surface area contributed by atoms with Crippen LogP contribution in [0.3, 0.4) is 0 Å². The fourth-order valence-corrected chi connectivity index (χ4v) is 1.60. The van der Waals surface area contributed by atoms with Gasteiger partial charge in [-0.1, -0.05) is 6.07 Å². The van der Waals surface area contributed by atoms with Crippen LogP contribution in [0.15, 0.2) is 43.0 Å². The zero-order valence-corrected chi connectivity index (χ0v) is 9.45. The van der Waals surface area contributed by atoms with E-state index in [0.29, 0.717) is 12.1 Å². The molecule has 0 radical (unpaired) electrons. The van der Waals surface area contributed by atoms with Gasteiger partial charge in [-0.3, -0.25) is 0 Å². The summed E-state index contributed by atoms with van der Waals surface area (Å²) in [6.45, 7) is 0.513. The first-order chi connectivity index (χ1) is 8.65. The third kappa shape index (κ3) is 3.04. The summed E-state index contributed by atoms with van der Waals surface area (Å²) in [6, 6.07) is 4.30. The third-order valence-electron chi connectivity index (χ3n) is 2.43. The van der Waals surface area contributed by atoms with Crippen LogP contribution in [0.1, 0.15) is 11.1 Å². The van der Waals surface area contributed by atoms with E-state index in [1.807, 2.05) is 4.57 Å². The van der Waals surface area contributed by atoms with Crippen molar-refractivity contribution in [1.29, 1.82) is 0 Å². The second-order valence-corrected chi connectivity index (χ2v) is 3.75. The van der Waals surface area contributed by atoms with Crippen LogP contribution in [0.5, 0.6) is 0 Å². The van der Waals surface area contributed by atoms with Gasteiger partial charge in [-0.05, 0) is 29.3 Å². The molecule has 0 fully saturated rings. The van der Waals surface area contributed by atoms with E-state index in [-0.39, 0.29) is 0 Å². The van der Waals surface area contributed by atoms with E-state index in [9.17, 15) is 9.18 Å².